The number of hydrogen-bond acceptors (Lipinski definition) is 8. The number of rotatable bonds is 6. The Morgan fingerprint density at radius 3 is 2.44 bits per heavy atom. The lowest BCUT2D eigenvalue weighted by Crippen LogP contribution is -2.20. The fraction of sp³-hybridized carbons (Fsp3) is 0.143. The molecule has 0 fully saturated rings. The van der Waals surface area contributed by atoms with Crippen molar-refractivity contribution in [3.05, 3.63) is 30.6 Å². The van der Waals surface area contributed by atoms with E-state index in [9.17, 15) is 8.42 Å². The molecule has 9 nitrogen and oxygen atoms in total. The van der Waals surface area contributed by atoms with Crippen molar-refractivity contribution in [1.29, 1.82) is 0 Å². The molecule has 0 saturated carbocycles. The van der Waals surface area contributed by atoms with Crippen LogP contribution in [-0.2, 0) is 10.2 Å². The molecular formula is C14H15N5O4S2. The third kappa shape index (κ3) is 3.90. The van der Waals surface area contributed by atoms with Gasteiger partial charge >= 0.3 is 0 Å². The molecule has 2 aromatic heterocycles. The van der Waals surface area contributed by atoms with Crippen molar-refractivity contribution in [3.63, 3.8) is 0 Å². The van der Waals surface area contributed by atoms with E-state index in [-0.39, 0.29) is 0 Å². The van der Waals surface area contributed by atoms with Gasteiger partial charge in [0, 0.05) is 11.5 Å². The Morgan fingerprint density at radius 1 is 1.08 bits per heavy atom. The highest BCUT2D eigenvalue weighted by Gasteiger charge is 2.12. The lowest BCUT2D eigenvalue weighted by atomic mass is 10.2. The molecule has 132 valence electrons. The fourth-order valence-electron chi connectivity index (χ4n) is 2.20. The molecule has 3 aromatic rings. The quantitative estimate of drug-likeness (QED) is 0.596. The predicted molar refractivity (Wildman–Crippen MR) is 97.0 cm³/mol. The summed E-state index contributed by atoms with van der Waals surface area (Å²) in [6, 6.07) is 6.84. The monoisotopic (exact) mass is 381 g/mol. The maximum absolute atomic E-state index is 11.1. The molecule has 0 saturated heterocycles. The van der Waals surface area contributed by atoms with Crippen LogP contribution < -0.4 is 24.7 Å². The van der Waals surface area contributed by atoms with Crippen LogP contribution in [0, 0.1) is 0 Å². The Bertz CT molecular complexity index is 1020. The van der Waals surface area contributed by atoms with Crippen molar-refractivity contribution in [2.75, 3.05) is 24.3 Å². The molecule has 4 N–H and O–H groups in total. The first kappa shape index (κ1) is 17.2. The van der Waals surface area contributed by atoms with E-state index in [4.69, 9.17) is 14.6 Å². The topological polar surface area (TPSA) is 128 Å². The molecule has 0 unspecified atom stereocenters. The van der Waals surface area contributed by atoms with Gasteiger partial charge in [-0.15, -0.1) is 0 Å². The fourth-order valence-corrected chi connectivity index (χ4v) is 3.72. The Hall–Kier alpha value is -2.63. The number of nitrogens with one attached hydrogen (secondary N) is 2. The van der Waals surface area contributed by atoms with Crippen molar-refractivity contribution in [2.45, 2.75) is 0 Å². The minimum atomic E-state index is -3.81. The van der Waals surface area contributed by atoms with Crippen molar-refractivity contribution in [1.82, 2.24) is 9.97 Å². The van der Waals surface area contributed by atoms with Crippen LogP contribution >= 0.6 is 11.3 Å². The Morgan fingerprint density at radius 2 is 1.76 bits per heavy atom. The number of nitrogens with two attached hydrogens (primary N) is 1. The van der Waals surface area contributed by atoms with Gasteiger partial charge < -0.3 is 14.8 Å². The molecule has 25 heavy (non-hydrogen) atoms. The smallest absolute Gasteiger partial charge is 0.297 e. The van der Waals surface area contributed by atoms with Gasteiger partial charge in [-0.1, -0.05) is 11.3 Å². The SMILES string of the molecule is COc1cc2ncnc(Nc3ccc(NS(N)(=O)=O)s3)c2cc1OC. The third-order valence-electron chi connectivity index (χ3n) is 3.23. The number of methoxy groups -OCH3 is 2. The second kappa shape index (κ2) is 6.70. The third-order valence-corrected chi connectivity index (χ3v) is 4.78. The summed E-state index contributed by atoms with van der Waals surface area (Å²) in [4.78, 5) is 8.47. The van der Waals surface area contributed by atoms with Crippen LogP contribution in [0.5, 0.6) is 11.5 Å². The second-order valence-electron chi connectivity index (χ2n) is 4.88. The van der Waals surface area contributed by atoms with Crippen LogP contribution in [-0.4, -0.2) is 32.6 Å². The summed E-state index contributed by atoms with van der Waals surface area (Å²) in [6.07, 6.45) is 1.42. The summed E-state index contributed by atoms with van der Waals surface area (Å²) >= 11 is 1.18. The molecule has 0 bridgehead atoms. The van der Waals surface area contributed by atoms with Gasteiger partial charge in [-0.3, -0.25) is 4.72 Å². The van der Waals surface area contributed by atoms with E-state index in [2.05, 4.69) is 20.0 Å². The normalized spacial score (nSPS) is 11.3. The molecule has 0 radical (unpaired) electrons. The van der Waals surface area contributed by atoms with E-state index in [1.54, 1.807) is 38.5 Å². The van der Waals surface area contributed by atoms with Gasteiger partial charge in [-0.05, 0) is 18.2 Å². The first-order valence-electron chi connectivity index (χ1n) is 6.94. The average Bonchev–Trinajstić information content (AvgIpc) is 2.98. The number of aromatic nitrogens is 2. The Balaban J connectivity index is 1.96. The molecule has 0 aliphatic rings. The minimum absolute atomic E-state index is 0.391. The van der Waals surface area contributed by atoms with E-state index in [0.29, 0.717) is 32.8 Å². The molecule has 0 aliphatic heterocycles. The number of anilines is 3. The molecule has 3 rings (SSSR count). The molecule has 1 aromatic carbocycles. The number of benzene rings is 1. The van der Waals surface area contributed by atoms with E-state index in [1.165, 1.54) is 17.7 Å². The van der Waals surface area contributed by atoms with Gasteiger partial charge in [-0.2, -0.15) is 8.42 Å². The maximum Gasteiger partial charge on any atom is 0.297 e. The average molecular weight is 381 g/mol. The van der Waals surface area contributed by atoms with Crippen LogP contribution in [0.2, 0.25) is 0 Å². The highest BCUT2D eigenvalue weighted by Crippen LogP contribution is 2.36. The molecule has 11 heteroatoms. The molecule has 0 atom stereocenters. The molecule has 2 heterocycles. The summed E-state index contributed by atoms with van der Waals surface area (Å²) in [5, 5.41) is 9.91. The summed E-state index contributed by atoms with van der Waals surface area (Å²) in [6.45, 7) is 0. The standard InChI is InChI=1S/C14H15N5O4S2/c1-22-10-5-8-9(6-11(10)23-2)16-7-17-14(8)18-12-3-4-13(24-12)19-25(15,20)21/h3-7,19H,1-2H3,(H2,15,20,21)(H,16,17,18). The lowest BCUT2D eigenvalue weighted by molar-refractivity contribution is 0.356. The summed E-state index contributed by atoms with van der Waals surface area (Å²) in [7, 11) is -0.714. The molecular weight excluding hydrogens is 366 g/mol. The van der Waals surface area contributed by atoms with Crippen molar-refractivity contribution in [3.8, 4) is 11.5 Å². The summed E-state index contributed by atoms with van der Waals surface area (Å²) in [5.74, 6) is 1.67. The van der Waals surface area contributed by atoms with E-state index in [0.717, 1.165) is 5.39 Å². The van der Waals surface area contributed by atoms with Crippen LogP contribution in [0.3, 0.4) is 0 Å². The number of hydrogen-bond donors (Lipinski definition) is 3. The zero-order valence-electron chi connectivity index (χ0n) is 13.3. The zero-order chi connectivity index (χ0) is 18.0. The van der Waals surface area contributed by atoms with Crippen LogP contribution in [0.25, 0.3) is 10.9 Å². The predicted octanol–water partition coefficient (Wildman–Crippen LogP) is 2.07. The molecule has 0 amide bonds. The molecule has 0 aliphatic carbocycles. The van der Waals surface area contributed by atoms with Crippen molar-refractivity contribution in [2.24, 2.45) is 5.14 Å². The van der Waals surface area contributed by atoms with Crippen LogP contribution in [0.15, 0.2) is 30.6 Å². The number of thiophene rings is 1. The van der Waals surface area contributed by atoms with Gasteiger partial charge in [0.05, 0.1) is 24.7 Å². The van der Waals surface area contributed by atoms with E-state index in [1.807, 2.05) is 0 Å². The van der Waals surface area contributed by atoms with Gasteiger partial charge in [0.15, 0.2) is 11.5 Å². The highest BCUT2D eigenvalue weighted by atomic mass is 32.2. The van der Waals surface area contributed by atoms with E-state index < -0.39 is 10.2 Å². The number of ether oxygens (including phenoxy) is 2. The van der Waals surface area contributed by atoms with Gasteiger partial charge in [-0.25, -0.2) is 15.1 Å². The number of fused-ring (bicyclic) bond motifs is 1. The largest absolute Gasteiger partial charge is 0.493 e. The molecule has 0 spiro atoms. The minimum Gasteiger partial charge on any atom is -0.493 e. The Labute approximate surface area is 148 Å². The van der Waals surface area contributed by atoms with Crippen LogP contribution in [0.4, 0.5) is 15.8 Å². The zero-order valence-corrected chi connectivity index (χ0v) is 14.9. The first-order chi connectivity index (χ1) is 11.9. The van der Waals surface area contributed by atoms with Crippen molar-refractivity contribution < 1.29 is 17.9 Å². The first-order valence-corrected chi connectivity index (χ1v) is 9.30. The highest BCUT2D eigenvalue weighted by molar-refractivity contribution is 7.90. The van der Waals surface area contributed by atoms with Crippen LogP contribution in [0.1, 0.15) is 0 Å². The lowest BCUT2D eigenvalue weighted by Gasteiger charge is -2.11. The number of nitrogens with zero attached hydrogens (tertiary/aromatic N) is 2. The van der Waals surface area contributed by atoms with Gasteiger partial charge in [0.1, 0.15) is 17.1 Å². The Kier molecular flexibility index (Phi) is 4.61. The second-order valence-corrected chi connectivity index (χ2v) is 7.26. The van der Waals surface area contributed by atoms with Gasteiger partial charge in [0.25, 0.3) is 10.2 Å². The van der Waals surface area contributed by atoms with Gasteiger partial charge in [0.2, 0.25) is 0 Å². The maximum atomic E-state index is 11.1. The van der Waals surface area contributed by atoms with Crippen molar-refractivity contribution >= 4 is 48.3 Å². The van der Waals surface area contributed by atoms with E-state index >= 15 is 0 Å². The summed E-state index contributed by atoms with van der Waals surface area (Å²) < 4.78 is 35.0. The summed E-state index contributed by atoms with van der Waals surface area (Å²) in [5.41, 5.74) is 0.676.